The van der Waals surface area contributed by atoms with E-state index >= 15 is 0 Å². The van der Waals surface area contributed by atoms with Gasteiger partial charge in [0.1, 0.15) is 0 Å². The van der Waals surface area contributed by atoms with E-state index in [-0.39, 0.29) is 10.4 Å². The fourth-order valence-electron chi connectivity index (χ4n) is 2.85. The predicted octanol–water partition coefficient (Wildman–Crippen LogP) is 3.49. The van der Waals surface area contributed by atoms with Gasteiger partial charge in [-0.1, -0.05) is 35.2 Å². The van der Waals surface area contributed by atoms with Crippen LogP contribution in [-0.2, 0) is 4.74 Å². The topological polar surface area (TPSA) is 59.2 Å². The number of hydrogen-bond donors (Lipinski definition) is 1. The van der Waals surface area contributed by atoms with Crippen LogP contribution in [0.2, 0.25) is 0 Å². The van der Waals surface area contributed by atoms with Crippen LogP contribution < -0.4 is 5.56 Å². The Bertz CT molecular complexity index is 547. The standard InChI is InChI=1S/C15H20BrNO3/c1-9-11(15(19)20-2)8-12(14(18)17-9)13(16)10-6-4-3-5-7-10/h8,10,13H,3-7H2,1-2H3,(H,17,18). The van der Waals surface area contributed by atoms with Gasteiger partial charge in [0.25, 0.3) is 5.56 Å². The first-order valence-electron chi connectivity index (χ1n) is 7.00. The van der Waals surface area contributed by atoms with E-state index in [4.69, 9.17) is 4.74 Å². The molecule has 0 spiro atoms. The minimum atomic E-state index is -0.414. The third-order valence-corrected chi connectivity index (χ3v) is 5.27. The normalized spacial score (nSPS) is 17.8. The Morgan fingerprint density at radius 3 is 2.65 bits per heavy atom. The molecule has 0 radical (unpaired) electrons. The molecule has 1 aliphatic rings. The molecule has 1 N–H and O–H groups in total. The number of aromatic amines is 1. The maximum Gasteiger partial charge on any atom is 0.339 e. The van der Waals surface area contributed by atoms with Gasteiger partial charge in [-0.25, -0.2) is 4.79 Å². The van der Waals surface area contributed by atoms with Crippen molar-refractivity contribution in [3.05, 3.63) is 33.2 Å². The largest absolute Gasteiger partial charge is 0.465 e. The van der Waals surface area contributed by atoms with Gasteiger partial charge in [-0.05, 0) is 31.7 Å². The van der Waals surface area contributed by atoms with E-state index in [9.17, 15) is 9.59 Å². The fourth-order valence-corrected chi connectivity index (χ4v) is 3.72. The SMILES string of the molecule is COC(=O)c1cc(C(Br)C2CCCCC2)c(=O)[nH]c1C. The van der Waals surface area contributed by atoms with Crippen molar-refractivity contribution >= 4 is 21.9 Å². The molecule has 20 heavy (non-hydrogen) atoms. The summed E-state index contributed by atoms with van der Waals surface area (Å²) in [7, 11) is 1.35. The van der Waals surface area contributed by atoms with Crippen LogP contribution in [-0.4, -0.2) is 18.1 Å². The highest BCUT2D eigenvalue weighted by Gasteiger charge is 2.26. The Labute approximate surface area is 127 Å². The molecule has 1 aliphatic carbocycles. The lowest BCUT2D eigenvalue weighted by Gasteiger charge is -2.26. The Hall–Kier alpha value is -1.10. The molecule has 1 atom stereocenters. The molecular formula is C15H20BrNO3. The smallest absolute Gasteiger partial charge is 0.339 e. The molecule has 1 heterocycles. The van der Waals surface area contributed by atoms with Crippen LogP contribution in [0.15, 0.2) is 10.9 Å². The Morgan fingerprint density at radius 1 is 1.40 bits per heavy atom. The summed E-state index contributed by atoms with van der Waals surface area (Å²) in [6.45, 7) is 1.71. The van der Waals surface area contributed by atoms with E-state index in [0.717, 1.165) is 12.8 Å². The summed E-state index contributed by atoms with van der Waals surface area (Å²) >= 11 is 3.66. The molecule has 1 fully saturated rings. The first-order valence-corrected chi connectivity index (χ1v) is 7.92. The van der Waals surface area contributed by atoms with Gasteiger partial charge in [-0.2, -0.15) is 0 Å². The summed E-state index contributed by atoms with van der Waals surface area (Å²) in [5.74, 6) is 0.0430. The van der Waals surface area contributed by atoms with Gasteiger partial charge in [0, 0.05) is 16.1 Å². The lowest BCUT2D eigenvalue weighted by atomic mass is 9.85. The summed E-state index contributed by atoms with van der Waals surface area (Å²) in [4.78, 5) is 26.6. The summed E-state index contributed by atoms with van der Waals surface area (Å²) in [6.07, 6.45) is 5.93. The molecule has 0 amide bonds. The van der Waals surface area contributed by atoms with Crippen molar-refractivity contribution in [2.45, 2.75) is 43.9 Å². The van der Waals surface area contributed by atoms with Gasteiger partial charge >= 0.3 is 5.97 Å². The van der Waals surface area contributed by atoms with Gasteiger partial charge in [0.2, 0.25) is 0 Å². The number of pyridine rings is 1. The molecule has 5 heteroatoms. The zero-order chi connectivity index (χ0) is 14.7. The molecule has 1 unspecified atom stereocenters. The highest BCUT2D eigenvalue weighted by Crippen LogP contribution is 2.39. The number of halogens is 1. The van der Waals surface area contributed by atoms with E-state index in [1.165, 1.54) is 26.4 Å². The maximum atomic E-state index is 12.1. The minimum absolute atomic E-state index is 0.00411. The van der Waals surface area contributed by atoms with Crippen molar-refractivity contribution < 1.29 is 9.53 Å². The molecule has 1 saturated carbocycles. The second kappa shape index (κ2) is 6.57. The number of hydrogen-bond acceptors (Lipinski definition) is 3. The Balaban J connectivity index is 2.35. The van der Waals surface area contributed by atoms with Crippen LogP contribution in [0.5, 0.6) is 0 Å². The molecule has 110 valence electrons. The number of rotatable bonds is 3. The summed E-state index contributed by atoms with van der Waals surface area (Å²) in [5.41, 5.74) is 1.49. The van der Waals surface area contributed by atoms with E-state index in [1.807, 2.05) is 0 Å². The number of H-pyrrole nitrogens is 1. The maximum absolute atomic E-state index is 12.1. The quantitative estimate of drug-likeness (QED) is 0.676. The van der Waals surface area contributed by atoms with Crippen LogP contribution in [0.25, 0.3) is 0 Å². The zero-order valence-electron chi connectivity index (χ0n) is 11.9. The third kappa shape index (κ3) is 3.14. The molecule has 1 aromatic rings. The summed E-state index contributed by atoms with van der Waals surface area (Å²) in [6, 6.07) is 1.67. The first-order chi connectivity index (χ1) is 9.54. The minimum Gasteiger partial charge on any atom is -0.465 e. The van der Waals surface area contributed by atoms with Gasteiger partial charge in [-0.15, -0.1) is 0 Å². The van der Waals surface area contributed by atoms with Crippen LogP contribution in [0, 0.1) is 12.8 Å². The molecular weight excluding hydrogens is 322 g/mol. The van der Waals surface area contributed by atoms with Crippen LogP contribution in [0.3, 0.4) is 0 Å². The summed E-state index contributed by atoms with van der Waals surface area (Å²) in [5, 5.41) is 0. The number of esters is 1. The Morgan fingerprint density at radius 2 is 2.05 bits per heavy atom. The highest BCUT2D eigenvalue weighted by atomic mass is 79.9. The fraction of sp³-hybridized carbons (Fsp3) is 0.600. The summed E-state index contributed by atoms with van der Waals surface area (Å²) < 4.78 is 4.76. The van der Waals surface area contributed by atoms with Gasteiger partial charge < -0.3 is 9.72 Å². The molecule has 0 saturated heterocycles. The molecule has 4 nitrogen and oxygen atoms in total. The monoisotopic (exact) mass is 341 g/mol. The second-order valence-electron chi connectivity index (χ2n) is 5.38. The molecule has 0 bridgehead atoms. The zero-order valence-corrected chi connectivity index (χ0v) is 13.5. The van der Waals surface area contributed by atoms with Crippen molar-refractivity contribution in [2.75, 3.05) is 7.11 Å². The number of nitrogens with one attached hydrogen (secondary N) is 1. The van der Waals surface area contributed by atoms with Crippen molar-refractivity contribution in [3.8, 4) is 0 Å². The van der Waals surface area contributed by atoms with E-state index in [0.29, 0.717) is 22.7 Å². The average molecular weight is 342 g/mol. The third-order valence-electron chi connectivity index (χ3n) is 4.03. The van der Waals surface area contributed by atoms with Gasteiger partial charge in [-0.3, -0.25) is 4.79 Å². The molecule has 0 aromatic carbocycles. The molecule has 0 aliphatic heterocycles. The first kappa shape index (κ1) is 15.3. The van der Waals surface area contributed by atoms with Gasteiger partial charge in [0.05, 0.1) is 12.7 Å². The molecule has 1 aromatic heterocycles. The van der Waals surface area contributed by atoms with Gasteiger partial charge in [0.15, 0.2) is 0 Å². The van der Waals surface area contributed by atoms with E-state index < -0.39 is 5.97 Å². The van der Waals surface area contributed by atoms with Crippen LogP contribution in [0.1, 0.15) is 58.5 Å². The average Bonchev–Trinajstić information content (AvgIpc) is 2.47. The number of alkyl halides is 1. The number of carbonyl (C=O) groups is 1. The van der Waals surface area contributed by atoms with Crippen molar-refractivity contribution in [2.24, 2.45) is 5.92 Å². The lowest BCUT2D eigenvalue weighted by molar-refractivity contribution is 0.0599. The van der Waals surface area contributed by atoms with Crippen molar-refractivity contribution in [1.29, 1.82) is 0 Å². The van der Waals surface area contributed by atoms with E-state index in [1.54, 1.807) is 13.0 Å². The van der Waals surface area contributed by atoms with E-state index in [2.05, 4.69) is 20.9 Å². The van der Waals surface area contributed by atoms with Crippen molar-refractivity contribution in [3.63, 3.8) is 0 Å². The predicted molar refractivity (Wildman–Crippen MR) is 81.4 cm³/mol. The number of methoxy groups -OCH3 is 1. The van der Waals surface area contributed by atoms with Crippen LogP contribution >= 0.6 is 15.9 Å². The Kier molecular flexibility index (Phi) is 5.02. The number of ether oxygens (including phenoxy) is 1. The number of carbonyl (C=O) groups excluding carboxylic acids is 1. The lowest BCUT2D eigenvalue weighted by Crippen LogP contribution is -2.23. The molecule has 2 rings (SSSR count). The van der Waals surface area contributed by atoms with Crippen LogP contribution in [0.4, 0.5) is 0 Å². The second-order valence-corrected chi connectivity index (χ2v) is 6.37. The highest BCUT2D eigenvalue weighted by molar-refractivity contribution is 9.09. The van der Waals surface area contributed by atoms with Crippen molar-refractivity contribution in [1.82, 2.24) is 4.98 Å². The number of aromatic nitrogens is 1. The number of aryl methyl sites for hydroxylation is 1.